The number of hydrogen-bond donors (Lipinski definition) is 4. The summed E-state index contributed by atoms with van der Waals surface area (Å²) in [6, 6.07) is 63.3. The Morgan fingerprint density at radius 1 is 0.464 bits per heavy atom. The van der Waals surface area contributed by atoms with Crippen LogP contribution >= 0.6 is 0 Å². The standard InChI is InChI=1S/C51H47N5/c52-50(40-23-11-4-12-24-40)56(36-37-17-5-1-6-18-37)51(53)43-26-16-28-45(34-43)55-49-32-31-42(35-47(49)39-21-9-3-10-22-39)46-29-13-14-30-48(46)54-44-27-15-25-41(33-44)38-19-7-2-8-20-38/h2-5,7-35,50-51,54-55H,1,6,36,52-53H2. The smallest absolute Gasteiger partial charge is 0.0854 e. The Labute approximate surface area is 330 Å². The third kappa shape index (κ3) is 8.57. The zero-order chi connectivity index (χ0) is 38.1. The molecule has 0 aromatic heterocycles. The van der Waals surface area contributed by atoms with Gasteiger partial charge in [0, 0.05) is 40.4 Å². The second kappa shape index (κ2) is 17.3. The Kier molecular flexibility index (Phi) is 11.3. The summed E-state index contributed by atoms with van der Waals surface area (Å²) in [4.78, 5) is 2.18. The molecule has 0 heterocycles. The van der Waals surface area contributed by atoms with Crippen LogP contribution in [-0.4, -0.2) is 11.4 Å². The van der Waals surface area contributed by atoms with Crippen LogP contribution in [0.15, 0.2) is 206 Å². The second-order valence-electron chi connectivity index (χ2n) is 14.2. The summed E-state index contributed by atoms with van der Waals surface area (Å²) in [5.41, 5.74) is 28.2. The number of allylic oxidation sites excluding steroid dienone is 2. The maximum Gasteiger partial charge on any atom is 0.0854 e. The first-order valence-electron chi connectivity index (χ1n) is 19.3. The largest absolute Gasteiger partial charge is 0.355 e. The molecule has 0 amide bonds. The fourth-order valence-corrected chi connectivity index (χ4v) is 7.44. The van der Waals surface area contributed by atoms with E-state index in [-0.39, 0.29) is 6.17 Å². The molecule has 6 N–H and O–H groups in total. The first kappa shape index (κ1) is 36.5. The van der Waals surface area contributed by atoms with Gasteiger partial charge in [-0.15, -0.1) is 0 Å². The maximum absolute atomic E-state index is 7.13. The fraction of sp³-hybridized carbons (Fsp3) is 0.0980. The minimum Gasteiger partial charge on any atom is -0.355 e. The SMILES string of the molecule is NC(c1ccccc1)N(CC1=CCCC=C1)C(N)c1cccc(Nc2ccc(-c3ccccc3Nc3cccc(-c4ccccc4)c3)cc2-c2ccccc2)c1. The summed E-state index contributed by atoms with van der Waals surface area (Å²) in [5, 5.41) is 7.48. The Morgan fingerprint density at radius 3 is 1.79 bits per heavy atom. The average Bonchev–Trinajstić information content (AvgIpc) is 3.27. The number of nitrogens with one attached hydrogen (secondary N) is 2. The van der Waals surface area contributed by atoms with Crippen molar-refractivity contribution < 1.29 is 0 Å². The van der Waals surface area contributed by atoms with Crippen molar-refractivity contribution in [3.63, 3.8) is 0 Å². The predicted octanol–water partition coefficient (Wildman–Crippen LogP) is 12.4. The molecule has 0 bridgehead atoms. The predicted molar refractivity (Wildman–Crippen MR) is 236 cm³/mol. The molecule has 1 aliphatic rings. The molecular weight excluding hydrogens is 683 g/mol. The Bertz CT molecular complexity index is 2440. The van der Waals surface area contributed by atoms with Crippen molar-refractivity contribution in [2.24, 2.45) is 11.5 Å². The van der Waals surface area contributed by atoms with E-state index in [9.17, 15) is 0 Å². The Hall–Kier alpha value is -6.50. The monoisotopic (exact) mass is 729 g/mol. The van der Waals surface area contributed by atoms with Crippen molar-refractivity contribution in [1.82, 2.24) is 4.90 Å². The van der Waals surface area contributed by atoms with Gasteiger partial charge in [-0.1, -0.05) is 158 Å². The highest BCUT2D eigenvalue weighted by Gasteiger charge is 2.25. The number of nitrogens with zero attached hydrogens (tertiary/aromatic N) is 1. The molecule has 276 valence electrons. The van der Waals surface area contributed by atoms with E-state index in [1.165, 1.54) is 16.7 Å². The van der Waals surface area contributed by atoms with Crippen molar-refractivity contribution >= 4 is 22.7 Å². The van der Waals surface area contributed by atoms with E-state index in [2.05, 4.69) is 191 Å². The fourth-order valence-electron chi connectivity index (χ4n) is 7.44. The van der Waals surface area contributed by atoms with E-state index in [1.807, 2.05) is 24.3 Å². The number of hydrogen-bond acceptors (Lipinski definition) is 5. The number of nitrogens with two attached hydrogens (primary N) is 2. The van der Waals surface area contributed by atoms with Crippen LogP contribution in [0.3, 0.4) is 0 Å². The number of anilines is 4. The third-order valence-corrected chi connectivity index (χ3v) is 10.4. The van der Waals surface area contributed by atoms with Gasteiger partial charge >= 0.3 is 0 Å². The molecule has 8 rings (SSSR count). The van der Waals surface area contributed by atoms with Gasteiger partial charge in [0.05, 0.1) is 12.3 Å². The molecule has 0 saturated carbocycles. The van der Waals surface area contributed by atoms with Gasteiger partial charge in [0.15, 0.2) is 0 Å². The lowest BCUT2D eigenvalue weighted by Crippen LogP contribution is -2.42. The topological polar surface area (TPSA) is 79.3 Å². The third-order valence-electron chi connectivity index (χ3n) is 10.4. The highest BCUT2D eigenvalue weighted by atomic mass is 15.3. The first-order chi connectivity index (χ1) is 27.6. The zero-order valence-corrected chi connectivity index (χ0v) is 31.4. The van der Waals surface area contributed by atoms with E-state index in [0.29, 0.717) is 6.54 Å². The van der Waals surface area contributed by atoms with Crippen LogP contribution in [0.25, 0.3) is 33.4 Å². The van der Waals surface area contributed by atoms with Crippen LogP contribution in [0.2, 0.25) is 0 Å². The maximum atomic E-state index is 7.13. The lowest BCUT2D eigenvalue weighted by molar-refractivity contribution is 0.154. The van der Waals surface area contributed by atoms with Crippen molar-refractivity contribution in [1.29, 1.82) is 0 Å². The number of benzene rings is 7. The molecule has 0 spiro atoms. The zero-order valence-electron chi connectivity index (χ0n) is 31.4. The van der Waals surface area contributed by atoms with Crippen LogP contribution in [0.4, 0.5) is 22.7 Å². The lowest BCUT2D eigenvalue weighted by Gasteiger charge is -2.35. The molecule has 0 fully saturated rings. The molecular formula is C51H47N5. The molecule has 5 nitrogen and oxygen atoms in total. The van der Waals surface area contributed by atoms with Gasteiger partial charge < -0.3 is 22.1 Å². The van der Waals surface area contributed by atoms with Crippen LogP contribution in [0.5, 0.6) is 0 Å². The lowest BCUT2D eigenvalue weighted by atomic mass is 9.96. The van der Waals surface area contributed by atoms with Crippen molar-refractivity contribution in [2.45, 2.75) is 25.2 Å². The first-order valence-corrected chi connectivity index (χ1v) is 19.3. The molecule has 7 aromatic carbocycles. The van der Waals surface area contributed by atoms with Gasteiger partial charge in [-0.2, -0.15) is 0 Å². The summed E-state index contributed by atoms with van der Waals surface area (Å²) >= 11 is 0. The van der Waals surface area contributed by atoms with E-state index >= 15 is 0 Å². The highest BCUT2D eigenvalue weighted by Crippen LogP contribution is 2.38. The van der Waals surface area contributed by atoms with Gasteiger partial charge in [0.2, 0.25) is 0 Å². The van der Waals surface area contributed by atoms with Crippen LogP contribution < -0.4 is 22.1 Å². The Balaban J connectivity index is 1.09. The minimum atomic E-state index is -0.434. The molecule has 5 heteroatoms. The highest BCUT2D eigenvalue weighted by molar-refractivity contribution is 5.89. The van der Waals surface area contributed by atoms with Crippen molar-refractivity contribution in [3.05, 3.63) is 217 Å². The Morgan fingerprint density at radius 2 is 1.05 bits per heavy atom. The number of rotatable bonds is 13. The van der Waals surface area contributed by atoms with Gasteiger partial charge in [0.25, 0.3) is 0 Å². The molecule has 7 aromatic rings. The van der Waals surface area contributed by atoms with Crippen LogP contribution in [0.1, 0.15) is 36.3 Å². The normalized spacial score (nSPS) is 13.5. The quantitative estimate of drug-likeness (QED) is 0.0889. The average molecular weight is 730 g/mol. The molecule has 56 heavy (non-hydrogen) atoms. The molecule has 0 aliphatic heterocycles. The van der Waals surface area contributed by atoms with Crippen molar-refractivity contribution in [2.75, 3.05) is 17.2 Å². The van der Waals surface area contributed by atoms with Gasteiger partial charge in [-0.25, -0.2) is 0 Å². The van der Waals surface area contributed by atoms with Gasteiger partial charge in [-0.05, 0) is 94.3 Å². The molecule has 0 saturated heterocycles. The molecule has 0 radical (unpaired) electrons. The van der Waals surface area contributed by atoms with E-state index in [4.69, 9.17) is 11.5 Å². The van der Waals surface area contributed by atoms with Gasteiger partial charge in [0.1, 0.15) is 0 Å². The summed E-state index contributed by atoms with van der Waals surface area (Å²) in [6.07, 6.45) is 8.01. The van der Waals surface area contributed by atoms with E-state index in [0.717, 1.165) is 69.0 Å². The van der Waals surface area contributed by atoms with Crippen LogP contribution in [-0.2, 0) is 0 Å². The molecule has 2 unspecified atom stereocenters. The number of para-hydroxylation sites is 1. The summed E-state index contributed by atoms with van der Waals surface area (Å²) in [7, 11) is 0. The van der Waals surface area contributed by atoms with E-state index < -0.39 is 6.17 Å². The van der Waals surface area contributed by atoms with Gasteiger partial charge in [-0.3, -0.25) is 4.90 Å². The van der Waals surface area contributed by atoms with E-state index in [1.54, 1.807) is 0 Å². The van der Waals surface area contributed by atoms with Crippen LogP contribution in [0, 0.1) is 0 Å². The molecule has 1 aliphatic carbocycles. The summed E-state index contributed by atoms with van der Waals surface area (Å²) in [6.45, 7) is 0.653. The minimum absolute atomic E-state index is 0.374. The second-order valence-corrected chi connectivity index (χ2v) is 14.2. The molecule has 2 atom stereocenters. The summed E-state index contributed by atoms with van der Waals surface area (Å²) in [5.74, 6) is 0. The summed E-state index contributed by atoms with van der Waals surface area (Å²) < 4.78 is 0. The van der Waals surface area contributed by atoms with Crippen molar-refractivity contribution in [3.8, 4) is 33.4 Å².